The van der Waals surface area contributed by atoms with Crippen LogP contribution in [0.5, 0.6) is 5.75 Å². The molecule has 0 saturated heterocycles. The molecule has 0 amide bonds. The second-order valence-electron chi connectivity index (χ2n) is 13.6. The minimum atomic E-state index is 0.302. The minimum Gasteiger partial charge on any atom is -0.507 e. The first-order valence-electron chi connectivity index (χ1n) is 13.7. The first-order chi connectivity index (χ1) is 14.9. The molecule has 0 aromatic heterocycles. The van der Waals surface area contributed by atoms with Crippen molar-refractivity contribution in [3.05, 3.63) is 28.3 Å². The van der Waals surface area contributed by atoms with Gasteiger partial charge in [0.2, 0.25) is 0 Å². The van der Waals surface area contributed by atoms with E-state index in [-0.39, 0.29) is 0 Å². The van der Waals surface area contributed by atoms with Gasteiger partial charge in [-0.2, -0.15) is 0 Å². The van der Waals surface area contributed by atoms with E-state index in [1.54, 1.807) is 11.1 Å². The molecule has 7 aliphatic carbocycles. The lowest BCUT2D eigenvalue weighted by molar-refractivity contribution is -0.00643. The first kappa shape index (κ1) is 19.5. The van der Waals surface area contributed by atoms with Crippen molar-refractivity contribution in [1.82, 2.24) is 0 Å². The van der Waals surface area contributed by atoms with Crippen LogP contribution >= 0.6 is 0 Å². The molecule has 31 heavy (non-hydrogen) atoms. The third-order valence-electron chi connectivity index (χ3n) is 12.4. The van der Waals surface area contributed by atoms with Crippen LogP contribution in [0.1, 0.15) is 113 Å². The summed E-state index contributed by atoms with van der Waals surface area (Å²) in [5.41, 5.74) is 6.79. The smallest absolute Gasteiger partial charge is 0.122 e. The van der Waals surface area contributed by atoms with Crippen molar-refractivity contribution in [2.75, 3.05) is 0 Å². The normalized spacial score (nSPS) is 49.6. The van der Waals surface area contributed by atoms with Gasteiger partial charge in [-0.1, -0.05) is 19.9 Å². The van der Waals surface area contributed by atoms with Gasteiger partial charge in [0.05, 0.1) is 0 Å². The molecule has 5 unspecified atom stereocenters. The van der Waals surface area contributed by atoms with Gasteiger partial charge in [0.15, 0.2) is 0 Å². The summed E-state index contributed by atoms with van der Waals surface area (Å²) in [4.78, 5) is 0. The summed E-state index contributed by atoms with van der Waals surface area (Å²) in [5.74, 6) is 7.01. The van der Waals surface area contributed by atoms with Gasteiger partial charge in [-0.05, 0) is 153 Å². The van der Waals surface area contributed by atoms with E-state index in [0.29, 0.717) is 16.6 Å². The number of phenols is 1. The van der Waals surface area contributed by atoms with Crippen LogP contribution in [-0.4, -0.2) is 5.11 Å². The highest BCUT2D eigenvalue weighted by atomic mass is 16.3. The SMILES string of the molecule is Cc1c(O)c(C23CC4CC(CC(C4)C2)C3)cc2c1CCC1C2CCC2(C)C(C)CCC12. The lowest BCUT2D eigenvalue weighted by Gasteiger charge is -2.57. The predicted molar refractivity (Wildman–Crippen MR) is 126 cm³/mol. The molecule has 6 fully saturated rings. The first-order valence-corrected chi connectivity index (χ1v) is 13.7. The second-order valence-corrected chi connectivity index (χ2v) is 13.6. The highest BCUT2D eigenvalue weighted by molar-refractivity contribution is 5.55. The zero-order chi connectivity index (χ0) is 21.1. The number of aromatic hydroxyl groups is 1. The van der Waals surface area contributed by atoms with Crippen LogP contribution in [0.3, 0.4) is 0 Å². The van der Waals surface area contributed by atoms with Crippen molar-refractivity contribution in [2.24, 2.45) is 40.9 Å². The molecule has 1 aromatic rings. The van der Waals surface area contributed by atoms with Gasteiger partial charge >= 0.3 is 0 Å². The van der Waals surface area contributed by atoms with Crippen LogP contribution in [-0.2, 0) is 11.8 Å². The van der Waals surface area contributed by atoms with Gasteiger partial charge in [0.1, 0.15) is 5.75 Å². The number of hydrogen-bond acceptors (Lipinski definition) is 1. The Balaban J connectivity index is 1.32. The summed E-state index contributed by atoms with van der Waals surface area (Å²) in [5, 5.41) is 11.5. The molecule has 6 saturated carbocycles. The molecular formula is C30H42O. The van der Waals surface area contributed by atoms with Crippen molar-refractivity contribution in [1.29, 1.82) is 0 Å². The Hall–Kier alpha value is -0.980. The van der Waals surface area contributed by atoms with Crippen LogP contribution in [0, 0.1) is 47.8 Å². The Morgan fingerprint density at radius 3 is 2.29 bits per heavy atom. The van der Waals surface area contributed by atoms with Gasteiger partial charge < -0.3 is 5.11 Å². The second kappa shape index (κ2) is 6.32. The van der Waals surface area contributed by atoms with Gasteiger partial charge in [-0.15, -0.1) is 0 Å². The number of phenolic OH excluding ortho intramolecular Hbond substituents is 1. The molecule has 0 spiro atoms. The van der Waals surface area contributed by atoms with Gasteiger partial charge in [0, 0.05) is 5.56 Å². The van der Waals surface area contributed by atoms with Crippen LogP contribution in [0.4, 0.5) is 0 Å². The van der Waals surface area contributed by atoms with E-state index >= 15 is 0 Å². The molecule has 5 atom stereocenters. The van der Waals surface area contributed by atoms with E-state index in [9.17, 15) is 5.11 Å². The van der Waals surface area contributed by atoms with Crippen molar-refractivity contribution >= 4 is 0 Å². The van der Waals surface area contributed by atoms with E-state index in [2.05, 4.69) is 26.8 Å². The molecule has 4 bridgehead atoms. The van der Waals surface area contributed by atoms with E-state index in [4.69, 9.17) is 0 Å². The maximum atomic E-state index is 11.5. The summed E-state index contributed by atoms with van der Waals surface area (Å²) in [6.07, 6.45) is 16.8. The lowest BCUT2D eigenvalue weighted by Crippen LogP contribution is -2.48. The molecular weight excluding hydrogens is 376 g/mol. The number of hydrogen-bond donors (Lipinski definition) is 1. The quantitative estimate of drug-likeness (QED) is 0.496. The van der Waals surface area contributed by atoms with E-state index in [1.165, 1.54) is 88.2 Å². The number of benzene rings is 1. The Morgan fingerprint density at radius 2 is 1.61 bits per heavy atom. The van der Waals surface area contributed by atoms with Crippen molar-refractivity contribution in [2.45, 2.75) is 109 Å². The fraction of sp³-hybridized carbons (Fsp3) is 0.800. The molecule has 1 N–H and O–H groups in total. The topological polar surface area (TPSA) is 20.2 Å². The fourth-order valence-corrected chi connectivity index (χ4v) is 11.0. The summed E-state index contributed by atoms with van der Waals surface area (Å²) in [6.45, 7) is 7.41. The molecule has 0 aliphatic heterocycles. The highest BCUT2D eigenvalue weighted by Gasteiger charge is 2.55. The molecule has 1 aromatic carbocycles. The zero-order valence-corrected chi connectivity index (χ0v) is 20.1. The summed E-state index contributed by atoms with van der Waals surface area (Å²) >= 11 is 0. The maximum absolute atomic E-state index is 11.5. The minimum absolute atomic E-state index is 0.302. The molecule has 7 aliphatic rings. The van der Waals surface area contributed by atoms with Gasteiger partial charge in [-0.25, -0.2) is 0 Å². The van der Waals surface area contributed by atoms with Gasteiger partial charge in [0.25, 0.3) is 0 Å². The maximum Gasteiger partial charge on any atom is 0.122 e. The third-order valence-corrected chi connectivity index (χ3v) is 12.4. The van der Waals surface area contributed by atoms with Crippen LogP contribution in [0.2, 0.25) is 0 Å². The van der Waals surface area contributed by atoms with Crippen molar-refractivity contribution in [3.63, 3.8) is 0 Å². The molecule has 1 heteroatoms. The molecule has 0 heterocycles. The van der Waals surface area contributed by atoms with E-state index in [1.807, 2.05) is 0 Å². The molecule has 0 radical (unpaired) electrons. The largest absolute Gasteiger partial charge is 0.507 e. The Morgan fingerprint density at radius 1 is 0.935 bits per heavy atom. The van der Waals surface area contributed by atoms with Crippen molar-refractivity contribution in [3.8, 4) is 5.75 Å². The standard InChI is InChI=1S/C30H42O/c1-17-4-7-26-24-6-5-22-18(2)28(31)27(13-25(22)23(24)8-9-29(17,26)3)30-14-19-10-20(15-30)12-21(11-19)16-30/h13,17,19-21,23-24,26,31H,4-12,14-16H2,1-3H3. The average Bonchev–Trinajstić information content (AvgIpc) is 3.04. The highest BCUT2D eigenvalue weighted by Crippen LogP contribution is 2.65. The predicted octanol–water partition coefficient (Wildman–Crippen LogP) is 7.66. The number of rotatable bonds is 1. The summed E-state index contributed by atoms with van der Waals surface area (Å²) < 4.78 is 0. The van der Waals surface area contributed by atoms with Crippen LogP contribution in [0.15, 0.2) is 6.07 Å². The monoisotopic (exact) mass is 418 g/mol. The summed E-state index contributed by atoms with van der Waals surface area (Å²) in [6, 6.07) is 2.61. The summed E-state index contributed by atoms with van der Waals surface area (Å²) in [7, 11) is 0. The van der Waals surface area contributed by atoms with Crippen molar-refractivity contribution < 1.29 is 5.11 Å². The average molecular weight is 419 g/mol. The Labute approximate surface area is 189 Å². The Bertz CT molecular complexity index is 892. The van der Waals surface area contributed by atoms with Crippen LogP contribution in [0.25, 0.3) is 0 Å². The molecule has 168 valence electrons. The molecule has 8 rings (SSSR count). The van der Waals surface area contributed by atoms with E-state index < -0.39 is 0 Å². The van der Waals surface area contributed by atoms with Crippen LogP contribution < -0.4 is 0 Å². The molecule has 1 nitrogen and oxygen atoms in total. The third kappa shape index (κ3) is 2.50. The lowest BCUT2D eigenvalue weighted by atomic mass is 9.47. The fourth-order valence-electron chi connectivity index (χ4n) is 11.0. The Kier molecular flexibility index (Phi) is 3.98. The van der Waals surface area contributed by atoms with Gasteiger partial charge in [-0.3, -0.25) is 0 Å². The van der Waals surface area contributed by atoms with E-state index in [0.717, 1.165) is 41.4 Å². The number of fused-ring (bicyclic) bond motifs is 5. The zero-order valence-electron chi connectivity index (χ0n) is 20.1.